The van der Waals surface area contributed by atoms with Crippen LogP contribution in [0.2, 0.25) is 0 Å². The van der Waals surface area contributed by atoms with Crippen molar-refractivity contribution in [2.24, 2.45) is 11.1 Å². The number of halogens is 6. The normalized spacial score (nSPS) is 18.0. The Morgan fingerprint density at radius 1 is 1.06 bits per heavy atom. The van der Waals surface area contributed by atoms with Crippen molar-refractivity contribution in [3.63, 3.8) is 0 Å². The highest BCUT2D eigenvalue weighted by molar-refractivity contribution is 7.90. The van der Waals surface area contributed by atoms with Gasteiger partial charge in [-0.25, -0.2) is 0 Å². The van der Waals surface area contributed by atoms with E-state index in [9.17, 15) is 30.9 Å². The Bertz CT molecular complexity index is 249. The van der Waals surface area contributed by atoms with Crippen LogP contribution in [0.25, 0.3) is 0 Å². The first-order chi connectivity index (χ1) is 7.26. The summed E-state index contributed by atoms with van der Waals surface area (Å²) in [5.41, 5.74) is 0. The van der Waals surface area contributed by atoms with Gasteiger partial charge in [-0.3, -0.25) is 0 Å². The molecule has 0 saturated heterocycles. The van der Waals surface area contributed by atoms with E-state index in [0.717, 1.165) is 13.8 Å². The number of hydrogen-bond acceptors (Lipinski definition) is 2. The van der Waals surface area contributed by atoms with Crippen LogP contribution in [0.3, 0.4) is 0 Å². The van der Waals surface area contributed by atoms with Crippen molar-refractivity contribution in [3.8, 4) is 0 Å². The van der Waals surface area contributed by atoms with Crippen LogP contribution in [0.4, 0.5) is 26.3 Å². The monoisotopic (exact) mass is 285 g/mol. The van der Waals surface area contributed by atoms with Gasteiger partial charge in [-0.2, -0.15) is 31.5 Å². The summed E-state index contributed by atoms with van der Waals surface area (Å²) in [6.07, 6.45) is -12.8. The van der Waals surface area contributed by atoms with E-state index in [2.05, 4.69) is 0 Å². The second-order valence-corrected chi connectivity index (χ2v) is 6.02. The van der Waals surface area contributed by atoms with Crippen LogP contribution in [0.5, 0.6) is 0 Å². The Kier molecular flexibility index (Phi) is 5.18. The molecule has 0 saturated carbocycles. The van der Waals surface area contributed by atoms with E-state index < -0.39 is 47.2 Å². The van der Waals surface area contributed by atoms with Gasteiger partial charge >= 0.3 is 12.4 Å². The number of rotatable bonds is 4. The summed E-state index contributed by atoms with van der Waals surface area (Å²) in [6, 6.07) is 0. The standard InChI is InChI=1S/C8H13F6NOS/c1-6(2,17(15)16)3-5(8(12,13)14)4-7(9,10)11/h5H,3-4,15H2,1-2H3. The van der Waals surface area contributed by atoms with Gasteiger partial charge in [0.25, 0.3) is 0 Å². The first kappa shape index (κ1) is 16.9. The summed E-state index contributed by atoms with van der Waals surface area (Å²) in [5, 5.41) is 4.95. The molecule has 17 heavy (non-hydrogen) atoms. The zero-order chi connectivity index (χ0) is 14.1. The number of nitrogens with two attached hydrogens (primary N) is 1. The van der Waals surface area contributed by atoms with Gasteiger partial charge < -0.3 is 4.55 Å². The summed E-state index contributed by atoms with van der Waals surface area (Å²) < 4.78 is 82.6. The van der Waals surface area contributed by atoms with Crippen molar-refractivity contribution >= 4 is 11.4 Å². The van der Waals surface area contributed by atoms with Gasteiger partial charge in [-0.1, -0.05) is 0 Å². The van der Waals surface area contributed by atoms with E-state index in [1.54, 1.807) is 0 Å². The molecule has 0 aromatic carbocycles. The van der Waals surface area contributed by atoms with Gasteiger partial charge in [0.1, 0.15) is 4.75 Å². The minimum absolute atomic E-state index is 0.931. The molecule has 0 aliphatic rings. The van der Waals surface area contributed by atoms with Gasteiger partial charge in [0, 0.05) is 17.8 Å². The van der Waals surface area contributed by atoms with Crippen molar-refractivity contribution in [2.45, 2.75) is 43.8 Å². The zero-order valence-corrected chi connectivity index (χ0v) is 9.97. The third-order valence-electron chi connectivity index (χ3n) is 2.22. The lowest BCUT2D eigenvalue weighted by molar-refractivity contribution is -0.221. The zero-order valence-electron chi connectivity index (χ0n) is 9.15. The molecule has 0 aliphatic carbocycles. The van der Waals surface area contributed by atoms with E-state index >= 15 is 0 Å². The van der Waals surface area contributed by atoms with Gasteiger partial charge in [-0.05, 0) is 13.8 Å². The van der Waals surface area contributed by atoms with Gasteiger partial charge in [0.15, 0.2) is 0 Å². The smallest absolute Gasteiger partial charge is 0.392 e. The molecule has 9 heteroatoms. The first-order valence-corrected chi connectivity index (χ1v) is 5.77. The average molecular weight is 285 g/mol. The van der Waals surface area contributed by atoms with Gasteiger partial charge in [-0.15, -0.1) is 0 Å². The Hall–Kier alpha value is -0.150. The highest BCUT2D eigenvalue weighted by atomic mass is 32.2. The van der Waals surface area contributed by atoms with Gasteiger partial charge in [0.2, 0.25) is 0 Å². The molecule has 0 bridgehead atoms. The summed E-state index contributed by atoms with van der Waals surface area (Å²) in [5.74, 6) is -2.59. The van der Waals surface area contributed by atoms with Crippen LogP contribution in [-0.2, 0) is 11.4 Å². The fourth-order valence-electron chi connectivity index (χ4n) is 1.26. The molecule has 0 amide bonds. The Morgan fingerprint density at radius 2 is 1.47 bits per heavy atom. The minimum atomic E-state index is -4.99. The third kappa shape index (κ3) is 6.37. The molecule has 0 fully saturated rings. The maximum absolute atomic E-state index is 12.4. The summed E-state index contributed by atoms with van der Waals surface area (Å²) >= 11 is -2.13. The van der Waals surface area contributed by atoms with Crippen LogP contribution in [0.15, 0.2) is 0 Å². The van der Waals surface area contributed by atoms with Crippen molar-refractivity contribution in [3.05, 3.63) is 0 Å². The van der Waals surface area contributed by atoms with Gasteiger partial charge in [0.05, 0.1) is 12.3 Å². The van der Waals surface area contributed by atoms with Crippen molar-refractivity contribution in [1.82, 2.24) is 0 Å². The molecule has 104 valence electrons. The lowest BCUT2D eigenvalue weighted by Gasteiger charge is -2.30. The Labute approximate surface area is 97.9 Å². The largest absolute Gasteiger partial charge is 0.598 e. The molecular formula is C8H13F6NOS. The van der Waals surface area contributed by atoms with E-state index in [1.807, 2.05) is 0 Å². The predicted octanol–water partition coefficient (Wildman–Crippen LogP) is 2.91. The summed E-state index contributed by atoms with van der Waals surface area (Å²) in [4.78, 5) is 0. The topological polar surface area (TPSA) is 49.1 Å². The molecule has 0 heterocycles. The lowest BCUT2D eigenvalue weighted by atomic mass is 9.93. The second-order valence-electron chi connectivity index (χ2n) is 4.32. The molecule has 2 atom stereocenters. The lowest BCUT2D eigenvalue weighted by Crippen LogP contribution is -2.43. The molecule has 2 nitrogen and oxygen atoms in total. The fourth-order valence-corrected chi connectivity index (χ4v) is 1.62. The van der Waals surface area contributed by atoms with E-state index in [-0.39, 0.29) is 0 Å². The van der Waals surface area contributed by atoms with Crippen LogP contribution >= 0.6 is 0 Å². The molecule has 0 rings (SSSR count). The molecule has 2 unspecified atom stereocenters. The summed E-state index contributed by atoms with van der Waals surface area (Å²) in [7, 11) is 0. The number of alkyl halides is 6. The maximum Gasteiger partial charge on any atom is 0.392 e. The van der Waals surface area contributed by atoms with Crippen LogP contribution in [0.1, 0.15) is 26.7 Å². The molecule has 0 radical (unpaired) electrons. The van der Waals surface area contributed by atoms with Crippen LogP contribution < -0.4 is 5.14 Å². The Morgan fingerprint density at radius 3 is 1.71 bits per heavy atom. The fraction of sp³-hybridized carbons (Fsp3) is 1.00. The highest BCUT2D eigenvalue weighted by Gasteiger charge is 2.50. The predicted molar refractivity (Wildman–Crippen MR) is 51.2 cm³/mol. The highest BCUT2D eigenvalue weighted by Crippen LogP contribution is 2.41. The Balaban J connectivity index is 4.86. The minimum Gasteiger partial charge on any atom is -0.598 e. The summed E-state index contributed by atoms with van der Waals surface area (Å²) in [6.45, 7) is 2.27. The SMILES string of the molecule is CC(C)(CC(CC(F)(F)F)C(F)(F)F)[S+](N)[O-]. The molecule has 0 aliphatic heterocycles. The molecule has 0 spiro atoms. The van der Waals surface area contributed by atoms with Crippen LogP contribution in [0, 0.1) is 5.92 Å². The molecule has 2 N–H and O–H groups in total. The average Bonchev–Trinajstić information content (AvgIpc) is 1.97. The molecule has 0 aromatic heterocycles. The third-order valence-corrected chi connectivity index (χ3v) is 3.48. The maximum atomic E-state index is 12.4. The van der Waals surface area contributed by atoms with E-state index in [1.165, 1.54) is 0 Å². The second kappa shape index (κ2) is 5.23. The van der Waals surface area contributed by atoms with Crippen molar-refractivity contribution < 1.29 is 30.9 Å². The van der Waals surface area contributed by atoms with E-state index in [0.29, 0.717) is 0 Å². The quantitative estimate of drug-likeness (QED) is 0.637. The molecule has 0 aromatic rings. The van der Waals surface area contributed by atoms with Crippen LogP contribution in [-0.4, -0.2) is 21.7 Å². The number of hydrogen-bond donors (Lipinski definition) is 1. The first-order valence-electron chi connectivity index (χ1n) is 4.55. The van der Waals surface area contributed by atoms with Crippen molar-refractivity contribution in [1.29, 1.82) is 0 Å². The van der Waals surface area contributed by atoms with Crippen molar-refractivity contribution in [2.75, 3.05) is 0 Å². The van der Waals surface area contributed by atoms with E-state index in [4.69, 9.17) is 5.14 Å². The molecular weight excluding hydrogens is 272 g/mol.